The Morgan fingerprint density at radius 1 is 1.23 bits per heavy atom. The van der Waals surface area contributed by atoms with Crippen LogP contribution in [0, 0.1) is 0 Å². The fourth-order valence-electron chi connectivity index (χ4n) is 2.73. The van der Waals surface area contributed by atoms with E-state index < -0.39 is 0 Å². The Labute approximate surface area is 151 Å². The van der Waals surface area contributed by atoms with Gasteiger partial charge in [0.05, 0.1) is 6.54 Å². The average Bonchev–Trinajstić information content (AvgIpc) is 2.76. The second-order valence-electron chi connectivity index (χ2n) is 5.70. The Kier molecular flexibility index (Phi) is 9.47. The molecule has 0 spiro atoms. The molecule has 0 aromatic heterocycles. The molecule has 1 aromatic carbocycles. The molecule has 0 atom stereocenters. The van der Waals surface area contributed by atoms with Crippen molar-refractivity contribution in [2.24, 2.45) is 10.7 Å². The zero-order valence-corrected chi connectivity index (χ0v) is 15.9. The summed E-state index contributed by atoms with van der Waals surface area (Å²) >= 11 is 0. The lowest BCUT2D eigenvalue weighted by Crippen LogP contribution is -2.29. The number of hydrogen-bond acceptors (Lipinski definition) is 2. The first kappa shape index (κ1) is 19.2. The lowest BCUT2D eigenvalue weighted by atomic mass is 10.1. The van der Waals surface area contributed by atoms with Gasteiger partial charge < -0.3 is 16.0 Å². The molecule has 22 heavy (non-hydrogen) atoms. The highest BCUT2D eigenvalue weighted by Gasteiger charge is 2.07. The Morgan fingerprint density at radius 3 is 2.64 bits per heavy atom. The lowest BCUT2D eigenvalue weighted by Gasteiger charge is -2.18. The van der Waals surface area contributed by atoms with Crippen LogP contribution >= 0.6 is 24.0 Å². The Morgan fingerprint density at radius 2 is 1.95 bits per heavy atom. The van der Waals surface area contributed by atoms with Gasteiger partial charge in [0, 0.05) is 12.2 Å². The van der Waals surface area contributed by atoms with E-state index in [9.17, 15) is 0 Å². The van der Waals surface area contributed by atoms with E-state index in [1.54, 1.807) is 0 Å². The minimum Gasteiger partial charge on any atom is -0.370 e. The summed E-state index contributed by atoms with van der Waals surface area (Å²) in [6.07, 6.45) is 6.42. The molecule has 5 heteroatoms. The zero-order chi connectivity index (χ0) is 14.9. The number of anilines is 1. The zero-order valence-electron chi connectivity index (χ0n) is 13.6. The molecular formula is C17H29IN4. The van der Waals surface area contributed by atoms with Crippen LogP contribution in [-0.4, -0.2) is 37.0 Å². The normalized spacial score (nSPS) is 16.7. The van der Waals surface area contributed by atoms with Gasteiger partial charge >= 0.3 is 0 Å². The van der Waals surface area contributed by atoms with Gasteiger partial charge in [-0.1, -0.05) is 31.9 Å². The molecule has 124 valence electrons. The van der Waals surface area contributed by atoms with E-state index in [2.05, 4.69) is 34.3 Å². The highest BCUT2D eigenvalue weighted by Crippen LogP contribution is 2.11. The minimum atomic E-state index is 0. The summed E-state index contributed by atoms with van der Waals surface area (Å²) in [5.41, 5.74) is 8.29. The summed E-state index contributed by atoms with van der Waals surface area (Å²) in [4.78, 5) is 6.94. The van der Waals surface area contributed by atoms with Crippen molar-refractivity contribution in [3.8, 4) is 0 Å². The molecule has 0 radical (unpaired) electrons. The molecule has 0 bridgehead atoms. The highest BCUT2D eigenvalue weighted by atomic mass is 127. The monoisotopic (exact) mass is 416 g/mol. The molecule has 1 aromatic rings. The SMILES string of the molecule is CCc1cccc(NC(N)=NCCN2CCCCCC2)c1.I. The number of likely N-dealkylation sites (tertiary alicyclic amines) is 1. The van der Waals surface area contributed by atoms with Crippen LogP contribution in [0.3, 0.4) is 0 Å². The quantitative estimate of drug-likeness (QED) is 0.439. The van der Waals surface area contributed by atoms with Crippen molar-refractivity contribution >= 4 is 35.6 Å². The van der Waals surface area contributed by atoms with E-state index in [4.69, 9.17) is 5.73 Å². The van der Waals surface area contributed by atoms with Crippen molar-refractivity contribution in [2.75, 3.05) is 31.5 Å². The molecule has 0 unspecified atom stereocenters. The molecule has 4 nitrogen and oxygen atoms in total. The standard InChI is InChI=1S/C17H28N4.HI/c1-2-15-8-7-9-16(14-15)20-17(18)19-10-13-21-11-5-3-4-6-12-21;/h7-9,14H,2-6,10-13H2,1H3,(H3,18,19,20);1H. The fraction of sp³-hybridized carbons (Fsp3) is 0.588. The molecule has 0 saturated carbocycles. The Hall–Kier alpha value is -0.820. The van der Waals surface area contributed by atoms with Gasteiger partial charge in [-0.2, -0.15) is 0 Å². The molecule has 1 heterocycles. The van der Waals surface area contributed by atoms with Crippen LogP contribution in [0.4, 0.5) is 5.69 Å². The van der Waals surface area contributed by atoms with E-state index in [-0.39, 0.29) is 24.0 Å². The van der Waals surface area contributed by atoms with Gasteiger partial charge in [0.25, 0.3) is 0 Å². The summed E-state index contributed by atoms with van der Waals surface area (Å²) in [6, 6.07) is 8.32. The first-order valence-electron chi connectivity index (χ1n) is 8.16. The van der Waals surface area contributed by atoms with Crippen molar-refractivity contribution in [3.63, 3.8) is 0 Å². The minimum absolute atomic E-state index is 0. The highest BCUT2D eigenvalue weighted by molar-refractivity contribution is 14.0. The van der Waals surface area contributed by atoms with Crippen molar-refractivity contribution < 1.29 is 0 Å². The van der Waals surface area contributed by atoms with Crippen LogP contribution in [-0.2, 0) is 6.42 Å². The lowest BCUT2D eigenvalue weighted by molar-refractivity contribution is 0.293. The third kappa shape index (κ3) is 6.96. The molecule has 1 aliphatic heterocycles. The smallest absolute Gasteiger partial charge is 0.193 e. The molecule has 1 saturated heterocycles. The van der Waals surface area contributed by atoms with E-state index in [1.807, 2.05) is 12.1 Å². The Bertz CT molecular complexity index is 454. The van der Waals surface area contributed by atoms with Crippen LogP contribution < -0.4 is 11.1 Å². The third-order valence-corrected chi connectivity index (χ3v) is 4.00. The van der Waals surface area contributed by atoms with Gasteiger partial charge in [0.2, 0.25) is 0 Å². The maximum atomic E-state index is 5.96. The van der Waals surface area contributed by atoms with Crippen LogP contribution in [0.2, 0.25) is 0 Å². The van der Waals surface area contributed by atoms with Gasteiger partial charge in [0.1, 0.15) is 0 Å². The molecular weight excluding hydrogens is 387 g/mol. The number of nitrogens with two attached hydrogens (primary N) is 1. The van der Waals surface area contributed by atoms with Crippen molar-refractivity contribution in [1.29, 1.82) is 0 Å². The van der Waals surface area contributed by atoms with Gasteiger partial charge in [-0.25, -0.2) is 0 Å². The second kappa shape index (κ2) is 10.8. The largest absolute Gasteiger partial charge is 0.370 e. The molecule has 2 rings (SSSR count). The van der Waals surface area contributed by atoms with Crippen LogP contribution in [0.25, 0.3) is 0 Å². The van der Waals surface area contributed by atoms with Gasteiger partial charge in [-0.15, -0.1) is 24.0 Å². The van der Waals surface area contributed by atoms with Gasteiger partial charge in [-0.3, -0.25) is 4.99 Å². The van der Waals surface area contributed by atoms with Gasteiger partial charge in [0.15, 0.2) is 5.96 Å². The summed E-state index contributed by atoms with van der Waals surface area (Å²) in [7, 11) is 0. The number of aliphatic imine (C=N–C) groups is 1. The number of nitrogens with zero attached hydrogens (tertiary/aromatic N) is 2. The van der Waals surface area contributed by atoms with E-state index in [1.165, 1.54) is 44.3 Å². The molecule has 3 N–H and O–H groups in total. The maximum Gasteiger partial charge on any atom is 0.193 e. The van der Waals surface area contributed by atoms with Crippen LogP contribution in [0.1, 0.15) is 38.2 Å². The van der Waals surface area contributed by atoms with E-state index in [0.29, 0.717) is 5.96 Å². The van der Waals surface area contributed by atoms with Gasteiger partial charge in [-0.05, 0) is 50.0 Å². The summed E-state index contributed by atoms with van der Waals surface area (Å²) in [5.74, 6) is 0.512. The Balaban J connectivity index is 0.00000242. The topological polar surface area (TPSA) is 53.6 Å². The predicted octanol–water partition coefficient (Wildman–Crippen LogP) is 3.47. The maximum absolute atomic E-state index is 5.96. The summed E-state index contributed by atoms with van der Waals surface area (Å²) in [5, 5.41) is 3.18. The number of benzene rings is 1. The second-order valence-corrected chi connectivity index (χ2v) is 5.70. The first-order valence-corrected chi connectivity index (χ1v) is 8.16. The van der Waals surface area contributed by atoms with Crippen molar-refractivity contribution in [3.05, 3.63) is 29.8 Å². The predicted molar refractivity (Wildman–Crippen MR) is 106 cm³/mol. The average molecular weight is 416 g/mol. The van der Waals surface area contributed by atoms with Crippen LogP contribution in [0.15, 0.2) is 29.3 Å². The number of nitrogens with one attached hydrogen (secondary N) is 1. The van der Waals surface area contributed by atoms with Crippen molar-refractivity contribution in [1.82, 2.24) is 4.90 Å². The van der Waals surface area contributed by atoms with E-state index >= 15 is 0 Å². The molecule has 0 amide bonds. The summed E-state index contributed by atoms with van der Waals surface area (Å²) < 4.78 is 0. The van der Waals surface area contributed by atoms with Crippen LogP contribution in [0.5, 0.6) is 0 Å². The molecule has 1 aliphatic rings. The number of aryl methyl sites for hydroxylation is 1. The number of hydrogen-bond donors (Lipinski definition) is 2. The number of rotatable bonds is 5. The molecule has 0 aliphatic carbocycles. The van der Waals surface area contributed by atoms with Crippen molar-refractivity contribution in [2.45, 2.75) is 39.0 Å². The summed E-state index contributed by atoms with van der Waals surface area (Å²) in [6.45, 7) is 6.35. The van der Waals surface area contributed by atoms with E-state index in [0.717, 1.165) is 25.2 Å². The third-order valence-electron chi connectivity index (χ3n) is 4.00. The number of guanidine groups is 1. The molecule has 1 fully saturated rings. The first-order chi connectivity index (χ1) is 10.3. The number of halogens is 1. The fourth-order valence-corrected chi connectivity index (χ4v) is 2.73.